The first kappa shape index (κ1) is 17.4. The number of carbonyl (C=O) groups excluding carboxylic acids is 1. The van der Waals surface area contributed by atoms with Crippen LogP contribution in [0.4, 0.5) is 0 Å². The molecule has 0 saturated carbocycles. The van der Waals surface area contributed by atoms with Crippen LogP contribution < -0.4 is 10.3 Å². The Morgan fingerprint density at radius 1 is 1.31 bits per heavy atom. The normalized spacial score (nSPS) is 10.6. The van der Waals surface area contributed by atoms with Crippen molar-refractivity contribution in [3.63, 3.8) is 0 Å². The van der Waals surface area contributed by atoms with Gasteiger partial charge in [0.2, 0.25) is 0 Å². The highest BCUT2D eigenvalue weighted by atomic mass is 16.5. The Kier molecular flexibility index (Phi) is 4.83. The average molecular weight is 353 g/mol. The van der Waals surface area contributed by atoms with Crippen LogP contribution in [0.15, 0.2) is 47.4 Å². The Balaban J connectivity index is 1.81. The Morgan fingerprint density at radius 3 is 2.81 bits per heavy atom. The molecule has 2 aromatic heterocycles. The highest BCUT2D eigenvalue weighted by Gasteiger charge is 2.19. The molecule has 2 heterocycles. The molecule has 0 unspecified atom stereocenters. The summed E-state index contributed by atoms with van der Waals surface area (Å²) in [6.07, 6.45) is 1.51. The van der Waals surface area contributed by atoms with Gasteiger partial charge < -0.3 is 9.64 Å². The lowest BCUT2D eigenvalue weighted by Gasteiger charge is -2.17. The van der Waals surface area contributed by atoms with Gasteiger partial charge in [-0.25, -0.2) is 9.78 Å². The zero-order valence-corrected chi connectivity index (χ0v) is 14.8. The molecule has 8 nitrogen and oxygen atoms in total. The third-order valence-corrected chi connectivity index (χ3v) is 4.02. The minimum Gasteiger partial charge on any atom is -0.497 e. The number of hydrogen-bond donors (Lipinski definition) is 1. The number of aromatic nitrogens is 4. The molecule has 134 valence electrons. The minimum atomic E-state index is -0.298. The van der Waals surface area contributed by atoms with E-state index in [1.807, 2.05) is 24.3 Å². The van der Waals surface area contributed by atoms with Crippen molar-refractivity contribution in [3.8, 4) is 11.6 Å². The number of carbonyl (C=O) groups is 1. The molecule has 0 aliphatic rings. The van der Waals surface area contributed by atoms with E-state index in [-0.39, 0.29) is 11.5 Å². The Morgan fingerprint density at radius 2 is 2.12 bits per heavy atom. The van der Waals surface area contributed by atoms with E-state index in [0.717, 1.165) is 11.3 Å². The summed E-state index contributed by atoms with van der Waals surface area (Å²) in [5.41, 5.74) is 1.79. The molecule has 0 bridgehead atoms. The quantitative estimate of drug-likeness (QED) is 0.751. The first-order valence-electron chi connectivity index (χ1n) is 7.98. The maximum Gasteiger partial charge on any atom is 0.264 e. The molecule has 0 spiro atoms. The second kappa shape index (κ2) is 7.22. The fourth-order valence-electron chi connectivity index (χ4n) is 2.63. The van der Waals surface area contributed by atoms with Crippen molar-refractivity contribution >= 4 is 5.91 Å². The maximum atomic E-state index is 12.8. The van der Waals surface area contributed by atoms with E-state index in [1.165, 1.54) is 16.9 Å². The van der Waals surface area contributed by atoms with Crippen LogP contribution in [0.25, 0.3) is 5.82 Å². The van der Waals surface area contributed by atoms with Gasteiger partial charge in [0.15, 0.2) is 5.82 Å². The third kappa shape index (κ3) is 3.49. The topological polar surface area (TPSA) is 93.1 Å². The molecule has 0 saturated heterocycles. The summed E-state index contributed by atoms with van der Waals surface area (Å²) in [6, 6.07) is 10.5. The number of ether oxygens (including phenoxy) is 1. The van der Waals surface area contributed by atoms with Crippen molar-refractivity contribution in [2.24, 2.45) is 0 Å². The summed E-state index contributed by atoms with van der Waals surface area (Å²) in [4.78, 5) is 25.5. The van der Waals surface area contributed by atoms with Crippen molar-refractivity contribution < 1.29 is 9.53 Å². The van der Waals surface area contributed by atoms with Crippen molar-refractivity contribution in [1.82, 2.24) is 24.9 Å². The minimum absolute atomic E-state index is 0.152. The first-order chi connectivity index (χ1) is 12.5. The lowest BCUT2D eigenvalue weighted by Crippen LogP contribution is -2.26. The Bertz CT molecular complexity index is 972. The molecular formula is C18H19N5O3. The van der Waals surface area contributed by atoms with Gasteiger partial charge in [0.1, 0.15) is 5.75 Å². The molecule has 1 aromatic carbocycles. The van der Waals surface area contributed by atoms with Gasteiger partial charge in [-0.15, -0.1) is 0 Å². The molecule has 3 rings (SSSR count). The summed E-state index contributed by atoms with van der Waals surface area (Å²) in [7, 11) is 3.34. The highest BCUT2D eigenvalue weighted by Crippen LogP contribution is 2.17. The monoisotopic (exact) mass is 353 g/mol. The van der Waals surface area contributed by atoms with Crippen LogP contribution in [0, 0.1) is 6.92 Å². The number of hydrogen-bond acceptors (Lipinski definition) is 5. The summed E-state index contributed by atoms with van der Waals surface area (Å²) in [6.45, 7) is 2.23. The van der Waals surface area contributed by atoms with Crippen LogP contribution >= 0.6 is 0 Å². The summed E-state index contributed by atoms with van der Waals surface area (Å²) >= 11 is 0. The predicted molar refractivity (Wildman–Crippen MR) is 95.5 cm³/mol. The molecule has 0 aliphatic carbocycles. The molecule has 0 aliphatic heterocycles. The summed E-state index contributed by atoms with van der Waals surface area (Å²) in [5.74, 6) is 1.04. The molecule has 26 heavy (non-hydrogen) atoms. The SMILES string of the molecule is COc1cccc(CN(C)C(=O)c2cnn(-c3ccc(=O)[nH]n3)c2C)c1. The van der Waals surface area contributed by atoms with E-state index in [2.05, 4.69) is 15.3 Å². The fourth-order valence-corrected chi connectivity index (χ4v) is 2.63. The predicted octanol–water partition coefficient (Wildman–Crippen LogP) is 1.54. The summed E-state index contributed by atoms with van der Waals surface area (Å²) in [5, 5.41) is 10.5. The second-order valence-electron chi connectivity index (χ2n) is 5.85. The maximum absolute atomic E-state index is 12.8. The number of H-pyrrole nitrogens is 1. The molecule has 0 radical (unpaired) electrons. The van der Waals surface area contributed by atoms with Gasteiger partial charge in [-0.3, -0.25) is 9.59 Å². The summed E-state index contributed by atoms with van der Waals surface area (Å²) < 4.78 is 6.73. The van der Waals surface area contributed by atoms with Crippen LogP contribution in [-0.4, -0.2) is 44.9 Å². The number of nitrogens with zero attached hydrogens (tertiary/aromatic N) is 4. The van der Waals surface area contributed by atoms with Gasteiger partial charge in [-0.05, 0) is 30.7 Å². The van der Waals surface area contributed by atoms with Gasteiger partial charge in [-0.1, -0.05) is 12.1 Å². The molecule has 0 atom stereocenters. The van der Waals surface area contributed by atoms with Crippen LogP contribution in [0.2, 0.25) is 0 Å². The Labute approximate surface area is 150 Å². The van der Waals surface area contributed by atoms with Crippen LogP contribution in [0.5, 0.6) is 5.75 Å². The molecule has 8 heteroatoms. The number of nitrogens with one attached hydrogen (secondary N) is 1. The number of methoxy groups -OCH3 is 1. The zero-order chi connectivity index (χ0) is 18.7. The van der Waals surface area contributed by atoms with Crippen molar-refractivity contribution in [2.45, 2.75) is 13.5 Å². The van der Waals surface area contributed by atoms with E-state index in [4.69, 9.17) is 4.74 Å². The number of benzene rings is 1. The van der Waals surface area contributed by atoms with Gasteiger partial charge >= 0.3 is 0 Å². The highest BCUT2D eigenvalue weighted by molar-refractivity contribution is 5.95. The van der Waals surface area contributed by atoms with E-state index in [1.54, 1.807) is 32.0 Å². The fraction of sp³-hybridized carbons (Fsp3) is 0.222. The van der Waals surface area contributed by atoms with E-state index in [0.29, 0.717) is 23.6 Å². The molecule has 1 N–H and O–H groups in total. The lowest BCUT2D eigenvalue weighted by atomic mass is 10.2. The third-order valence-electron chi connectivity index (χ3n) is 4.02. The number of amides is 1. The second-order valence-corrected chi connectivity index (χ2v) is 5.85. The van der Waals surface area contributed by atoms with E-state index in [9.17, 15) is 9.59 Å². The van der Waals surface area contributed by atoms with Crippen molar-refractivity contribution in [2.75, 3.05) is 14.2 Å². The zero-order valence-electron chi connectivity index (χ0n) is 14.8. The van der Waals surface area contributed by atoms with Gasteiger partial charge in [0.05, 0.1) is 24.6 Å². The Hall–Kier alpha value is -3.42. The standard InChI is InChI=1S/C18H19N5O3/c1-12-15(10-19-23(12)16-7-8-17(24)21-20-16)18(25)22(2)11-13-5-4-6-14(9-13)26-3/h4-10H,11H2,1-3H3,(H,21,24). The van der Waals surface area contributed by atoms with Crippen LogP contribution in [-0.2, 0) is 6.54 Å². The molecule has 0 fully saturated rings. The molecular weight excluding hydrogens is 334 g/mol. The number of rotatable bonds is 5. The number of aromatic amines is 1. The van der Waals surface area contributed by atoms with Crippen LogP contribution in [0.1, 0.15) is 21.6 Å². The molecule has 1 amide bonds. The van der Waals surface area contributed by atoms with Crippen molar-refractivity contribution in [1.29, 1.82) is 0 Å². The first-order valence-corrected chi connectivity index (χ1v) is 7.98. The lowest BCUT2D eigenvalue weighted by molar-refractivity contribution is 0.0784. The van der Waals surface area contributed by atoms with Gasteiger partial charge in [0, 0.05) is 19.7 Å². The van der Waals surface area contributed by atoms with Crippen LogP contribution in [0.3, 0.4) is 0 Å². The van der Waals surface area contributed by atoms with E-state index < -0.39 is 0 Å². The largest absolute Gasteiger partial charge is 0.497 e. The molecule has 3 aromatic rings. The van der Waals surface area contributed by atoms with E-state index >= 15 is 0 Å². The smallest absolute Gasteiger partial charge is 0.264 e. The average Bonchev–Trinajstić information content (AvgIpc) is 3.03. The van der Waals surface area contributed by atoms with Gasteiger partial charge in [0.25, 0.3) is 11.5 Å². The van der Waals surface area contributed by atoms with Crippen molar-refractivity contribution in [3.05, 3.63) is 69.8 Å². The van der Waals surface area contributed by atoms with Gasteiger partial charge in [-0.2, -0.15) is 10.2 Å².